The second kappa shape index (κ2) is 6.36. The molecule has 0 saturated heterocycles. The third kappa shape index (κ3) is 3.97. The predicted octanol–water partition coefficient (Wildman–Crippen LogP) is 2.23. The van der Waals surface area contributed by atoms with Crippen molar-refractivity contribution in [2.24, 2.45) is 0 Å². The van der Waals surface area contributed by atoms with Crippen LogP contribution in [0.2, 0.25) is 0 Å². The van der Waals surface area contributed by atoms with E-state index < -0.39 is 15.6 Å². The summed E-state index contributed by atoms with van der Waals surface area (Å²) in [4.78, 5) is 0.237. The first-order valence-corrected chi connectivity index (χ1v) is 9.42. The van der Waals surface area contributed by atoms with E-state index in [0.29, 0.717) is 11.1 Å². The lowest BCUT2D eigenvalue weighted by Crippen LogP contribution is -2.42. The largest absolute Gasteiger partial charge is 0.388 e. The molecule has 21 heavy (non-hydrogen) atoms. The van der Waals surface area contributed by atoms with Gasteiger partial charge in [-0.15, -0.1) is 0 Å². The SMILES string of the molecule is CSC[C@@](C)(O)CNS(=O)(=O)c1cccc2ccccc12. The van der Waals surface area contributed by atoms with Gasteiger partial charge in [0.05, 0.1) is 10.5 Å². The van der Waals surface area contributed by atoms with E-state index in [9.17, 15) is 13.5 Å². The molecule has 2 rings (SSSR count). The Morgan fingerprint density at radius 3 is 2.57 bits per heavy atom. The predicted molar refractivity (Wildman–Crippen MR) is 88.1 cm³/mol. The zero-order chi connectivity index (χ0) is 15.5. The first-order valence-electron chi connectivity index (χ1n) is 6.54. The van der Waals surface area contributed by atoms with Crippen LogP contribution in [0.4, 0.5) is 0 Å². The average molecular weight is 325 g/mol. The molecule has 0 radical (unpaired) electrons. The van der Waals surface area contributed by atoms with E-state index >= 15 is 0 Å². The van der Waals surface area contributed by atoms with E-state index in [4.69, 9.17) is 0 Å². The van der Waals surface area contributed by atoms with Crippen LogP contribution in [-0.2, 0) is 10.0 Å². The summed E-state index contributed by atoms with van der Waals surface area (Å²) in [5.41, 5.74) is -1.07. The molecule has 0 aromatic heterocycles. The second-order valence-electron chi connectivity index (χ2n) is 5.23. The smallest absolute Gasteiger partial charge is 0.241 e. The summed E-state index contributed by atoms with van der Waals surface area (Å²) in [6.07, 6.45) is 1.87. The Morgan fingerprint density at radius 1 is 1.19 bits per heavy atom. The number of sulfonamides is 1. The van der Waals surface area contributed by atoms with Gasteiger partial charge in [-0.3, -0.25) is 0 Å². The van der Waals surface area contributed by atoms with Gasteiger partial charge in [0.1, 0.15) is 0 Å². The van der Waals surface area contributed by atoms with Crippen LogP contribution in [0.3, 0.4) is 0 Å². The summed E-state index contributed by atoms with van der Waals surface area (Å²) >= 11 is 1.47. The van der Waals surface area contributed by atoms with Crippen molar-refractivity contribution in [3.05, 3.63) is 42.5 Å². The molecule has 0 spiro atoms. The van der Waals surface area contributed by atoms with Crippen molar-refractivity contribution in [2.75, 3.05) is 18.6 Å². The molecule has 6 heteroatoms. The van der Waals surface area contributed by atoms with Crippen molar-refractivity contribution in [3.63, 3.8) is 0 Å². The second-order valence-corrected chi connectivity index (χ2v) is 7.83. The van der Waals surface area contributed by atoms with Gasteiger partial charge in [-0.25, -0.2) is 13.1 Å². The molecule has 0 aliphatic carbocycles. The highest BCUT2D eigenvalue weighted by Gasteiger charge is 2.24. The van der Waals surface area contributed by atoms with E-state index in [1.807, 2.05) is 30.5 Å². The zero-order valence-corrected chi connectivity index (χ0v) is 13.7. The molecule has 2 aromatic rings. The molecule has 0 aliphatic heterocycles. The van der Waals surface area contributed by atoms with Crippen LogP contribution in [0.15, 0.2) is 47.4 Å². The normalized spacial score (nSPS) is 15.0. The molecule has 114 valence electrons. The molecule has 1 atom stereocenters. The molecule has 0 amide bonds. The first-order chi connectivity index (χ1) is 9.86. The Bertz CT molecular complexity index is 721. The van der Waals surface area contributed by atoms with E-state index in [-0.39, 0.29) is 11.4 Å². The van der Waals surface area contributed by atoms with Crippen LogP contribution in [-0.4, -0.2) is 37.7 Å². The van der Waals surface area contributed by atoms with Crippen molar-refractivity contribution in [1.82, 2.24) is 4.72 Å². The molecule has 0 heterocycles. The van der Waals surface area contributed by atoms with Crippen molar-refractivity contribution in [2.45, 2.75) is 17.4 Å². The fraction of sp³-hybridized carbons (Fsp3) is 0.333. The van der Waals surface area contributed by atoms with Crippen molar-refractivity contribution in [3.8, 4) is 0 Å². The Labute approximate surface area is 129 Å². The van der Waals surface area contributed by atoms with Gasteiger partial charge >= 0.3 is 0 Å². The minimum absolute atomic E-state index is 0.0145. The lowest BCUT2D eigenvalue weighted by molar-refractivity contribution is 0.0909. The van der Waals surface area contributed by atoms with E-state index in [1.165, 1.54) is 11.8 Å². The van der Waals surface area contributed by atoms with Gasteiger partial charge in [-0.05, 0) is 24.6 Å². The number of nitrogens with one attached hydrogen (secondary N) is 1. The number of hydrogen-bond acceptors (Lipinski definition) is 4. The topological polar surface area (TPSA) is 66.4 Å². The fourth-order valence-electron chi connectivity index (χ4n) is 2.12. The molecular weight excluding hydrogens is 306 g/mol. The average Bonchev–Trinajstić information content (AvgIpc) is 2.45. The van der Waals surface area contributed by atoms with Crippen molar-refractivity contribution in [1.29, 1.82) is 0 Å². The van der Waals surface area contributed by atoms with Crippen LogP contribution < -0.4 is 4.72 Å². The summed E-state index contributed by atoms with van der Waals surface area (Å²) in [6.45, 7) is 1.61. The number of rotatable bonds is 6. The van der Waals surface area contributed by atoms with Gasteiger partial charge in [-0.2, -0.15) is 11.8 Å². The maximum Gasteiger partial charge on any atom is 0.241 e. The Balaban J connectivity index is 2.30. The van der Waals surface area contributed by atoms with Crippen LogP contribution in [0.5, 0.6) is 0 Å². The number of hydrogen-bond donors (Lipinski definition) is 2. The highest BCUT2D eigenvalue weighted by Crippen LogP contribution is 2.23. The lowest BCUT2D eigenvalue weighted by Gasteiger charge is -2.22. The summed E-state index contributed by atoms with van der Waals surface area (Å²) in [5, 5.41) is 11.6. The molecule has 0 saturated carbocycles. The third-order valence-corrected chi connectivity index (χ3v) is 5.51. The molecule has 0 unspecified atom stereocenters. The van der Waals surface area contributed by atoms with E-state index in [2.05, 4.69) is 4.72 Å². The van der Waals surface area contributed by atoms with Crippen LogP contribution in [0.25, 0.3) is 10.8 Å². The van der Waals surface area contributed by atoms with Crippen molar-refractivity contribution < 1.29 is 13.5 Å². The maximum atomic E-state index is 12.5. The minimum atomic E-state index is -3.66. The van der Waals surface area contributed by atoms with Gasteiger partial charge in [-0.1, -0.05) is 36.4 Å². The highest BCUT2D eigenvalue weighted by atomic mass is 32.2. The van der Waals surface area contributed by atoms with Crippen molar-refractivity contribution >= 4 is 32.6 Å². The maximum absolute atomic E-state index is 12.5. The molecule has 0 fully saturated rings. The van der Waals surface area contributed by atoms with E-state index in [1.54, 1.807) is 25.1 Å². The number of fused-ring (bicyclic) bond motifs is 1. The summed E-state index contributed by atoms with van der Waals surface area (Å²) in [5.74, 6) is 0.463. The Morgan fingerprint density at radius 2 is 1.86 bits per heavy atom. The van der Waals surface area contributed by atoms with Gasteiger partial charge < -0.3 is 5.11 Å². The zero-order valence-electron chi connectivity index (χ0n) is 12.0. The molecule has 2 aromatic carbocycles. The molecule has 2 N–H and O–H groups in total. The quantitative estimate of drug-likeness (QED) is 0.855. The van der Waals surface area contributed by atoms with Gasteiger partial charge in [0.25, 0.3) is 0 Å². The third-order valence-electron chi connectivity index (χ3n) is 3.14. The van der Waals surface area contributed by atoms with Gasteiger partial charge in [0.15, 0.2) is 0 Å². The van der Waals surface area contributed by atoms with Crippen LogP contribution >= 0.6 is 11.8 Å². The summed E-state index contributed by atoms with van der Waals surface area (Å²) in [7, 11) is -3.66. The molecular formula is C15H19NO3S2. The lowest BCUT2D eigenvalue weighted by atomic mass is 10.1. The Hall–Kier alpha value is -1.08. The fourth-order valence-corrected chi connectivity index (χ4v) is 4.23. The molecule has 0 aliphatic rings. The monoisotopic (exact) mass is 325 g/mol. The van der Waals surface area contributed by atoms with Crippen LogP contribution in [0.1, 0.15) is 6.92 Å². The summed E-state index contributed by atoms with van der Waals surface area (Å²) < 4.78 is 27.4. The standard InChI is InChI=1S/C15H19NO3S2/c1-15(17,11-20-2)10-16-21(18,19)14-9-5-7-12-6-3-4-8-13(12)14/h3-9,16-17H,10-11H2,1-2H3/t15-/m0/s1. The Kier molecular flexibility index (Phi) is 4.93. The van der Waals surface area contributed by atoms with E-state index in [0.717, 1.165) is 5.39 Å². The number of benzene rings is 2. The molecule has 4 nitrogen and oxygen atoms in total. The first kappa shape index (κ1) is 16.3. The highest BCUT2D eigenvalue weighted by molar-refractivity contribution is 7.98. The molecule has 0 bridgehead atoms. The number of thioether (sulfide) groups is 1. The summed E-state index contributed by atoms with van der Waals surface area (Å²) in [6, 6.07) is 12.5. The minimum Gasteiger partial charge on any atom is -0.388 e. The van der Waals surface area contributed by atoms with Crippen LogP contribution in [0, 0.1) is 0 Å². The number of aliphatic hydroxyl groups is 1. The van der Waals surface area contributed by atoms with Gasteiger partial charge in [0, 0.05) is 17.7 Å². The van der Waals surface area contributed by atoms with Gasteiger partial charge in [0.2, 0.25) is 10.0 Å².